The van der Waals surface area contributed by atoms with Gasteiger partial charge in [-0.25, -0.2) is 4.79 Å². The highest BCUT2D eigenvalue weighted by Crippen LogP contribution is 2.25. The number of carbonyl (C=O) groups is 1. The summed E-state index contributed by atoms with van der Waals surface area (Å²) in [4.78, 5) is 19.8. The summed E-state index contributed by atoms with van der Waals surface area (Å²) in [6, 6.07) is 1.62. The number of nitrogens with zero attached hydrogens (tertiary/aromatic N) is 2. The van der Waals surface area contributed by atoms with Crippen LogP contribution in [-0.4, -0.2) is 27.7 Å². The van der Waals surface area contributed by atoms with Gasteiger partial charge in [-0.05, 0) is 19.4 Å². The van der Waals surface area contributed by atoms with Gasteiger partial charge in [-0.2, -0.15) is 0 Å². The normalized spacial score (nSPS) is 10.6. The summed E-state index contributed by atoms with van der Waals surface area (Å²) in [5.74, 6) is -0.351. The third kappa shape index (κ3) is 2.11. The molecule has 0 fully saturated rings. The lowest BCUT2D eigenvalue weighted by Crippen LogP contribution is -2.05. The second-order valence-electron chi connectivity index (χ2n) is 3.79. The van der Waals surface area contributed by atoms with Gasteiger partial charge < -0.3 is 9.84 Å². The molecule has 0 saturated heterocycles. The average molecular weight is 246 g/mol. The van der Waals surface area contributed by atoms with Crippen molar-refractivity contribution in [2.45, 2.75) is 20.3 Å². The van der Waals surface area contributed by atoms with Gasteiger partial charge >= 0.3 is 5.97 Å². The summed E-state index contributed by atoms with van der Waals surface area (Å²) in [6.07, 6.45) is 3.63. The van der Waals surface area contributed by atoms with Crippen LogP contribution >= 0.6 is 0 Å². The summed E-state index contributed by atoms with van der Waals surface area (Å²) in [6.45, 7) is 3.96. The lowest BCUT2D eigenvalue weighted by molar-refractivity contribution is 0.0526. The fourth-order valence-electron chi connectivity index (χ4n) is 1.71. The molecule has 0 atom stereocenters. The number of aromatic nitrogens is 2. The minimum absolute atomic E-state index is 0.0745. The summed E-state index contributed by atoms with van der Waals surface area (Å²) in [7, 11) is 0. The maximum atomic E-state index is 11.6. The first-order valence-electron chi connectivity index (χ1n) is 5.81. The van der Waals surface area contributed by atoms with Gasteiger partial charge in [0, 0.05) is 17.8 Å². The Morgan fingerprint density at radius 3 is 2.78 bits per heavy atom. The smallest absolute Gasteiger partial charge is 0.339 e. The average Bonchev–Trinajstić information content (AvgIpc) is 2.39. The molecule has 0 amide bonds. The lowest BCUT2D eigenvalue weighted by atomic mass is 10.1. The molecule has 0 aliphatic heterocycles. The van der Waals surface area contributed by atoms with E-state index in [1.54, 1.807) is 19.2 Å². The molecule has 0 saturated carbocycles. The van der Waals surface area contributed by atoms with Gasteiger partial charge in [-0.15, -0.1) is 0 Å². The Morgan fingerprint density at radius 2 is 2.11 bits per heavy atom. The van der Waals surface area contributed by atoms with E-state index in [0.717, 1.165) is 0 Å². The van der Waals surface area contributed by atoms with E-state index in [2.05, 4.69) is 9.97 Å². The Labute approximate surface area is 104 Å². The van der Waals surface area contributed by atoms with Gasteiger partial charge in [-0.1, -0.05) is 6.92 Å². The van der Waals surface area contributed by atoms with Crippen LogP contribution < -0.4 is 0 Å². The molecule has 0 aliphatic carbocycles. The molecule has 0 spiro atoms. The molecule has 2 rings (SSSR count). The number of carbonyl (C=O) groups excluding carboxylic acids is 1. The van der Waals surface area contributed by atoms with E-state index >= 15 is 0 Å². The molecule has 2 aromatic heterocycles. The van der Waals surface area contributed by atoms with E-state index in [0.29, 0.717) is 35.2 Å². The fourth-order valence-corrected chi connectivity index (χ4v) is 1.71. The molecule has 0 unspecified atom stereocenters. The van der Waals surface area contributed by atoms with Crippen molar-refractivity contribution in [2.24, 2.45) is 0 Å². The molecule has 0 radical (unpaired) electrons. The molecular formula is C13H14N2O3. The van der Waals surface area contributed by atoms with E-state index in [-0.39, 0.29) is 5.75 Å². The SMILES string of the molecule is CCOC(=O)c1cnc2c(O)c(CC)ncc2c1. The van der Waals surface area contributed by atoms with Crippen LogP contribution in [0.15, 0.2) is 18.5 Å². The molecule has 5 nitrogen and oxygen atoms in total. The number of ether oxygens (including phenoxy) is 1. The Bertz CT molecular complexity index is 596. The Hall–Kier alpha value is -2.17. The summed E-state index contributed by atoms with van der Waals surface area (Å²) in [5, 5.41) is 10.6. The number of hydrogen-bond acceptors (Lipinski definition) is 5. The maximum Gasteiger partial charge on any atom is 0.339 e. The standard InChI is InChI=1S/C13H14N2O3/c1-3-10-12(16)11-8(6-14-10)5-9(7-15-11)13(17)18-4-2/h5-7,16H,3-4H2,1-2H3. The van der Waals surface area contributed by atoms with Crippen molar-refractivity contribution in [3.8, 4) is 5.75 Å². The Balaban J connectivity index is 2.50. The van der Waals surface area contributed by atoms with Gasteiger partial charge in [-0.3, -0.25) is 9.97 Å². The number of fused-ring (bicyclic) bond motifs is 1. The monoisotopic (exact) mass is 246 g/mol. The van der Waals surface area contributed by atoms with Crippen LogP contribution in [0.1, 0.15) is 29.9 Å². The van der Waals surface area contributed by atoms with E-state index in [1.807, 2.05) is 6.92 Å². The van der Waals surface area contributed by atoms with Crippen molar-refractivity contribution < 1.29 is 14.6 Å². The van der Waals surface area contributed by atoms with Crippen LogP contribution in [0.4, 0.5) is 0 Å². The topological polar surface area (TPSA) is 72.3 Å². The first kappa shape index (κ1) is 12.3. The fraction of sp³-hybridized carbons (Fsp3) is 0.308. The number of rotatable bonds is 3. The van der Waals surface area contributed by atoms with Gasteiger partial charge in [0.25, 0.3) is 0 Å². The predicted molar refractivity (Wildman–Crippen MR) is 66.5 cm³/mol. The van der Waals surface area contributed by atoms with Crippen molar-refractivity contribution in [2.75, 3.05) is 6.61 Å². The second kappa shape index (κ2) is 5.00. The summed E-state index contributed by atoms with van der Waals surface area (Å²) in [5.41, 5.74) is 1.41. The van der Waals surface area contributed by atoms with Crippen LogP contribution in [-0.2, 0) is 11.2 Å². The molecule has 2 heterocycles. The van der Waals surface area contributed by atoms with Crippen molar-refractivity contribution >= 4 is 16.9 Å². The molecular weight excluding hydrogens is 232 g/mol. The van der Waals surface area contributed by atoms with Gasteiger partial charge in [0.1, 0.15) is 5.52 Å². The summed E-state index contributed by atoms with van der Waals surface area (Å²) >= 11 is 0. The predicted octanol–water partition coefficient (Wildman–Crippen LogP) is 2.07. The Morgan fingerprint density at radius 1 is 1.33 bits per heavy atom. The van der Waals surface area contributed by atoms with Crippen LogP contribution in [0.5, 0.6) is 5.75 Å². The number of aromatic hydroxyl groups is 1. The minimum Gasteiger partial charge on any atom is -0.504 e. The maximum absolute atomic E-state index is 11.6. The van der Waals surface area contributed by atoms with E-state index in [1.165, 1.54) is 6.20 Å². The highest BCUT2D eigenvalue weighted by atomic mass is 16.5. The zero-order valence-electron chi connectivity index (χ0n) is 10.3. The first-order chi connectivity index (χ1) is 8.67. The number of aryl methyl sites for hydroxylation is 1. The summed E-state index contributed by atoms with van der Waals surface area (Å²) < 4.78 is 4.89. The zero-order valence-corrected chi connectivity index (χ0v) is 10.3. The van der Waals surface area contributed by atoms with Crippen molar-refractivity contribution in [1.29, 1.82) is 0 Å². The van der Waals surface area contributed by atoms with Crippen LogP contribution in [0, 0.1) is 0 Å². The molecule has 0 aliphatic rings. The largest absolute Gasteiger partial charge is 0.504 e. The van der Waals surface area contributed by atoms with Crippen LogP contribution in [0.25, 0.3) is 10.9 Å². The van der Waals surface area contributed by atoms with Crippen molar-refractivity contribution in [3.63, 3.8) is 0 Å². The van der Waals surface area contributed by atoms with E-state index in [4.69, 9.17) is 4.74 Å². The minimum atomic E-state index is -0.425. The molecule has 2 aromatic rings. The van der Waals surface area contributed by atoms with Gasteiger partial charge in [0.15, 0.2) is 5.75 Å². The highest BCUT2D eigenvalue weighted by molar-refractivity contribution is 5.94. The molecule has 94 valence electrons. The van der Waals surface area contributed by atoms with Crippen molar-refractivity contribution in [1.82, 2.24) is 9.97 Å². The van der Waals surface area contributed by atoms with Gasteiger partial charge in [0.2, 0.25) is 0 Å². The van der Waals surface area contributed by atoms with Crippen molar-refractivity contribution in [3.05, 3.63) is 29.7 Å². The van der Waals surface area contributed by atoms with E-state index in [9.17, 15) is 9.90 Å². The third-order valence-electron chi connectivity index (χ3n) is 2.62. The molecule has 1 N–H and O–H groups in total. The molecule has 18 heavy (non-hydrogen) atoms. The van der Waals surface area contributed by atoms with Crippen LogP contribution in [0.3, 0.4) is 0 Å². The van der Waals surface area contributed by atoms with E-state index < -0.39 is 5.97 Å². The number of pyridine rings is 2. The number of hydrogen-bond donors (Lipinski definition) is 1. The second-order valence-corrected chi connectivity index (χ2v) is 3.79. The highest BCUT2D eigenvalue weighted by Gasteiger charge is 2.12. The van der Waals surface area contributed by atoms with Gasteiger partial charge in [0.05, 0.1) is 17.9 Å². The molecule has 0 bridgehead atoms. The molecule has 0 aromatic carbocycles. The number of esters is 1. The zero-order chi connectivity index (χ0) is 13.1. The van der Waals surface area contributed by atoms with Crippen LogP contribution in [0.2, 0.25) is 0 Å². The first-order valence-corrected chi connectivity index (χ1v) is 5.81. The molecule has 5 heteroatoms. The lowest BCUT2D eigenvalue weighted by Gasteiger charge is -2.06. The Kier molecular flexibility index (Phi) is 3.41. The third-order valence-corrected chi connectivity index (χ3v) is 2.62. The quantitative estimate of drug-likeness (QED) is 0.839.